The highest BCUT2D eigenvalue weighted by molar-refractivity contribution is 5.66. The minimum absolute atomic E-state index is 0.371. The first-order valence-electron chi connectivity index (χ1n) is 8.48. The van der Waals surface area contributed by atoms with E-state index >= 15 is 0 Å². The number of methoxy groups -OCH3 is 1. The van der Waals surface area contributed by atoms with Crippen LogP contribution in [0.5, 0.6) is 11.5 Å². The Morgan fingerprint density at radius 3 is 2.52 bits per heavy atom. The summed E-state index contributed by atoms with van der Waals surface area (Å²) in [4.78, 5) is 2.36. The van der Waals surface area contributed by atoms with Crippen molar-refractivity contribution in [1.29, 1.82) is 0 Å². The van der Waals surface area contributed by atoms with Crippen LogP contribution in [0.15, 0.2) is 66.7 Å². The van der Waals surface area contributed by atoms with E-state index in [1.54, 1.807) is 13.2 Å². The van der Waals surface area contributed by atoms with Gasteiger partial charge >= 0.3 is 0 Å². The number of phenolic OH excluding ortho intramolecular Hbond substituents is 1. The summed E-state index contributed by atoms with van der Waals surface area (Å²) in [6.45, 7) is 2.58. The number of aromatic hydroxyl groups is 1. The molecule has 1 N–H and O–H groups in total. The Morgan fingerprint density at radius 2 is 1.68 bits per heavy atom. The van der Waals surface area contributed by atoms with Gasteiger partial charge in [0.1, 0.15) is 11.5 Å². The second-order valence-electron chi connectivity index (χ2n) is 6.49. The molecule has 1 aliphatic heterocycles. The van der Waals surface area contributed by atoms with E-state index in [-0.39, 0.29) is 0 Å². The van der Waals surface area contributed by atoms with Crippen molar-refractivity contribution in [2.24, 2.45) is 0 Å². The molecule has 126 valence electrons. The molecule has 0 atom stereocenters. The summed E-state index contributed by atoms with van der Waals surface area (Å²) in [6.07, 6.45) is 0. The number of rotatable bonds is 4. The van der Waals surface area contributed by atoms with Gasteiger partial charge in [-0.25, -0.2) is 0 Å². The summed E-state index contributed by atoms with van der Waals surface area (Å²) in [5.41, 5.74) is 6.07. The maximum Gasteiger partial charge on any atom is 0.120 e. The molecule has 0 fully saturated rings. The van der Waals surface area contributed by atoms with Gasteiger partial charge in [-0.3, -0.25) is 4.90 Å². The van der Waals surface area contributed by atoms with E-state index in [0.29, 0.717) is 5.75 Å². The second-order valence-corrected chi connectivity index (χ2v) is 6.49. The average molecular weight is 331 g/mol. The van der Waals surface area contributed by atoms with E-state index < -0.39 is 0 Å². The van der Waals surface area contributed by atoms with Gasteiger partial charge in [0.05, 0.1) is 7.11 Å². The van der Waals surface area contributed by atoms with Gasteiger partial charge in [0, 0.05) is 25.2 Å². The molecule has 0 aromatic heterocycles. The zero-order valence-corrected chi connectivity index (χ0v) is 14.3. The largest absolute Gasteiger partial charge is 0.508 e. The molecule has 3 aromatic rings. The smallest absolute Gasteiger partial charge is 0.120 e. The van der Waals surface area contributed by atoms with Gasteiger partial charge < -0.3 is 9.84 Å². The van der Waals surface area contributed by atoms with Gasteiger partial charge in [-0.05, 0) is 46.5 Å². The Morgan fingerprint density at radius 1 is 0.880 bits per heavy atom. The quantitative estimate of drug-likeness (QED) is 0.759. The molecule has 25 heavy (non-hydrogen) atoms. The van der Waals surface area contributed by atoms with E-state index in [1.807, 2.05) is 30.3 Å². The number of hydrogen-bond acceptors (Lipinski definition) is 3. The SMILES string of the molecule is COc1cccc(-c2ccc3c(c2)CN(Cc2ccccc2O)C3)c1. The van der Waals surface area contributed by atoms with Crippen LogP contribution in [0.1, 0.15) is 16.7 Å². The van der Waals surface area contributed by atoms with Crippen molar-refractivity contribution in [3.63, 3.8) is 0 Å². The molecule has 0 aliphatic carbocycles. The average Bonchev–Trinajstić information content (AvgIpc) is 3.05. The minimum atomic E-state index is 0.371. The Hall–Kier alpha value is -2.78. The summed E-state index contributed by atoms with van der Waals surface area (Å²) in [7, 11) is 1.69. The zero-order chi connectivity index (χ0) is 17.2. The lowest BCUT2D eigenvalue weighted by molar-refractivity contribution is 0.271. The molecule has 1 heterocycles. The van der Waals surface area contributed by atoms with Crippen LogP contribution in [0.2, 0.25) is 0 Å². The fourth-order valence-electron chi connectivity index (χ4n) is 3.44. The topological polar surface area (TPSA) is 32.7 Å². The number of phenols is 1. The van der Waals surface area contributed by atoms with Crippen molar-refractivity contribution < 1.29 is 9.84 Å². The molecule has 0 spiro atoms. The minimum Gasteiger partial charge on any atom is -0.508 e. The Labute approximate surface area is 148 Å². The molecule has 0 saturated heterocycles. The molecule has 0 saturated carbocycles. The van der Waals surface area contributed by atoms with Crippen molar-refractivity contribution in [2.45, 2.75) is 19.6 Å². The summed E-state index contributed by atoms with van der Waals surface area (Å²) < 4.78 is 5.33. The molecule has 0 bridgehead atoms. The van der Waals surface area contributed by atoms with E-state index in [0.717, 1.165) is 30.9 Å². The Kier molecular flexibility index (Phi) is 4.16. The van der Waals surface area contributed by atoms with Crippen molar-refractivity contribution in [3.8, 4) is 22.6 Å². The van der Waals surface area contributed by atoms with Crippen LogP contribution in [0, 0.1) is 0 Å². The van der Waals surface area contributed by atoms with Gasteiger partial charge in [-0.15, -0.1) is 0 Å². The molecule has 3 aromatic carbocycles. The van der Waals surface area contributed by atoms with Gasteiger partial charge in [-0.1, -0.05) is 42.5 Å². The summed E-state index contributed by atoms with van der Waals surface area (Å²) in [5.74, 6) is 1.25. The molecule has 1 aliphatic rings. The van der Waals surface area contributed by atoms with E-state index in [1.165, 1.54) is 22.3 Å². The first-order chi connectivity index (χ1) is 12.2. The highest BCUT2D eigenvalue weighted by Gasteiger charge is 2.20. The third-order valence-electron chi connectivity index (χ3n) is 4.78. The van der Waals surface area contributed by atoms with Crippen LogP contribution < -0.4 is 4.74 Å². The lowest BCUT2D eigenvalue weighted by atomic mass is 10.0. The third-order valence-corrected chi connectivity index (χ3v) is 4.78. The lowest BCUT2D eigenvalue weighted by Crippen LogP contribution is -2.15. The number of nitrogens with zero attached hydrogens (tertiary/aromatic N) is 1. The van der Waals surface area contributed by atoms with Crippen LogP contribution in [0.3, 0.4) is 0 Å². The molecule has 3 heteroatoms. The van der Waals surface area contributed by atoms with E-state index in [4.69, 9.17) is 4.74 Å². The molecule has 0 amide bonds. The van der Waals surface area contributed by atoms with E-state index in [2.05, 4.69) is 35.2 Å². The maximum absolute atomic E-state index is 9.99. The standard InChI is InChI=1S/C22H21NO2/c1-25-21-7-4-6-16(12-21)17-9-10-18-13-23(15-20(18)11-17)14-19-5-2-3-8-22(19)24/h2-12,24H,13-15H2,1H3. The van der Waals surface area contributed by atoms with Crippen LogP contribution in [-0.2, 0) is 19.6 Å². The normalized spacial score (nSPS) is 13.6. The van der Waals surface area contributed by atoms with Crippen LogP contribution in [-0.4, -0.2) is 17.1 Å². The fourth-order valence-corrected chi connectivity index (χ4v) is 3.44. The van der Waals surface area contributed by atoms with Crippen LogP contribution in [0.4, 0.5) is 0 Å². The molecule has 4 rings (SSSR count). The fraction of sp³-hybridized carbons (Fsp3) is 0.182. The predicted octanol–water partition coefficient (Wildman–Crippen LogP) is 4.58. The molecule has 0 unspecified atom stereocenters. The first kappa shape index (κ1) is 15.7. The van der Waals surface area contributed by atoms with Crippen LogP contribution in [0.25, 0.3) is 11.1 Å². The first-order valence-corrected chi connectivity index (χ1v) is 8.48. The number of benzene rings is 3. The monoisotopic (exact) mass is 331 g/mol. The highest BCUT2D eigenvalue weighted by atomic mass is 16.5. The number of fused-ring (bicyclic) bond motifs is 1. The highest BCUT2D eigenvalue weighted by Crippen LogP contribution is 2.31. The van der Waals surface area contributed by atoms with Gasteiger partial charge in [0.15, 0.2) is 0 Å². The van der Waals surface area contributed by atoms with Crippen molar-refractivity contribution in [3.05, 3.63) is 83.4 Å². The van der Waals surface area contributed by atoms with Gasteiger partial charge in [0.2, 0.25) is 0 Å². The molecular weight excluding hydrogens is 310 g/mol. The number of ether oxygens (including phenoxy) is 1. The Balaban J connectivity index is 1.55. The number of para-hydroxylation sites is 1. The van der Waals surface area contributed by atoms with Crippen molar-refractivity contribution in [2.75, 3.05) is 7.11 Å². The summed E-state index contributed by atoms with van der Waals surface area (Å²) in [6, 6.07) is 22.4. The second kappa shape index (κ2) is 6.61. The maximum atomic E-state index is 9.99. The van der Waals surface area contributed by atoms with Crippen molar-refractivity contribution in [1.82, 2.24) is 4.90 Å². The third kappa shape index (κ3) is 3.24. The molecule has 3 nitrogen and oxygen atoms in total. The zero-order valence-electron chi connectivity index (χ0n) is 14.3. The number of hydrogen-bond donors (Lipinski definition) is 1. The Bertz CT molecular complexity index is 904. The van der Waals surface area contributed by atoms with E-state index in [9.17, 15) is 5.11 Å². The lowest BCUT2D eigenvalue weighted by Gasteiger charge is -2.15. The van der Waals surface area contributed by atoms with Gasteiger partial charge in [0.25, 0.3) is 0 Å². The summed E-state index contributed by atoms with van der Waals surface area (Å²) in [5, 5.41) is 9.99. The predicted molar refractivity (Wildman–Crippen MR) is 99.5 cm³/mol. The summed E-state index contributed by atoms with van der Waals surface area (Å²) >= 11 is 0. The van der Waals surface area contributed by atoms with Crippen molar-refractivity contribution >= 4 is 0 Å². The molecular formula is C22H21NO2. The van der Waals surface area contributed by atoms with Crippen LogP contribution >= 0.6 is 0 Å². The van der Waals surface area contributed by atoms with Gasteiger partial charge in [-0.2, -0.15) is 0 Å². The molecule has 0 radical (unpaired) electrons.